The van der Waals surface area contributed by atoms with Gasteiger partial charge in [0, 0.05) is 12.0 Å². The van der Waals surface area contributed by atoms with Gasteiger partial charge in [-0.05, 0) is 32.1 Å². The van der Waals surface area contributed by atoms with Crippen LogP contribution in [0.3, 0.4) is 0 Å². The molecule has 1 aromatic heterocycles. The summed E-state index contributed by atoms with van der Waals surface area (Å²) in [5, 5.41) is 14.4. The largest absolute Gasteiger partial charge is 0.465 e. The minimum Gasteiger partial charge on any atom is -0.465 e. The van der Waals surface area contributed by atoms with Gasteiger partial charge in [0.2, 0.25) is 0 Å². The van der Waals surface area contributed by atoms with Crippen LogP contribution in [0.15, 0.2) is 6.20 Å². The first-order chi connectivity index (χ1) is 10.8. The molecule has 1 aromatic rings. The summed E-state index contributed by atoms with van der Waals surface area (Å²) in [6.45, 7) is 0. The van der Waals surface area contributed by atoms with Gasteiger partial charge in [0.05, 0.1) is 17.9 Å². The minimum absolute atomic E-state index is 0.000383. The molecule has 23 heavy (non-hydrogen) atoms. The predicted octanol–water partition coefficient (Wildman–Crippen LogP) is 2.97. The molecule has 0 aromatic carbocycles. The highest BCUT2D eigenvalue weighted by molar-refractivity contribution is 5.65. The standard InChI is InChI=1S/C14H17F3N4O2/c15-14(16,17)10-6-18-12(11(21-10)7-4-5-7)19-8-2-1-3-9(8)20-13(22)23/h6-9,20H,1-5H2,(H,18,19)(H,22,23)/t8-,9-/m0/s1. The third-order valence-corrected chi connectivity index (χ3v) is 4.20. The van der Waals surface area contributed by atoms with Gasteiger partial charge in [-0.1, -0.05) is 0 Å². The molecule has 3 N–H and O–H groups in total. The number of hydrogen-bond acceptors (Lipinski definition) is 4. The van der Waals surface area contributed by atoms with Crippen LogP contribution in [0.5, 0.6) is 0 Å². The molecule has 1 amide bonds. The Labute approximate surface area is 130 Å². The Bertz CT molecular complexity index is 604. The zero-order chi connectivity index (χ0) is 16.6. The van der Waals surface area contributed by atoms with E-state index >= 15 is 0 Å². The molecule has 2 aliphatic rings. The quantitative estimate of drug-likeness (QED) is 0.790. The number of nitrogens with one attached hydrogen (secondary N) is 2. The van der Waals surface area contributed by atoms with Crippen molar-refractivity contribution in [3.05, 3.63) is 17.6 Å². The van der Waals surface area contributed by atoms with Crippen LogP contribution >= 0.6 is 0 Å². The molecule has 2 aliphatic carbocycles. The summed E-state index contributed by atoms with van der Waals surface area (Å²) in [6.07, 6.45) is -1.04. The highest BCUT2D eigenvalue weighted by Crippen LogP contribution is 2.43. The molecule has 0 saturated heterocycles. The van der Waals surface area contributed by atoms with E-state index in [4.69, 9.17) is 5.11 Å². The number of halogens is 3. The summed E-state index contributed by atoms with van der Waals surface area (Å²) in [4.78, 5) is 18.5. The molecule has 0 aliphatic heterocycles. The molecule has 126 valence electrons. The Morgan fingerprint density at radius 3 is 2.52 bits per heavy atom. The number of aromatic nitrogens is 2. The molecule has 6 nitrogen and oxygen atoms in total. The fraction of sp³-hybridized carbons (Fsp3) is 0.643. The van der Waals surface area contributed by atoms with Gasteiger partial charge in [-0.15, -0.1) is 0 Å². The first-order valence-corrected chi connectivity index (χ1v) is 7.54. The molecule has 9 heteroatoms. The maximum Gasteiger partial charge on any atom is 0.434 e. The number of carboxylic acid groups (broad SMARTS) is 1. The Kier molecular flexibility index (Phi) is 4.03. The van der Waals surface area contributed by atoms with E-state index in [1.807, 2.05) is 0 Å². The smallest absolute Gasteiger partial charge is 0.434 e. The van der Waals surface area contributed by atoms with E-state index in [0.717, 1.165) is 31.9 Å². The third-order valence-electron chi connectivity index (χ3n) is 4.20. The summed E-state index contributed by atoms with van der Waals surface area (Å²) >= 11 is 0. The lowest BCUT2D eigenvalue weighted by Crippen LogP contribution is -2.43. The van der Waals surface area contributed by atoms with Crippen LogP contribution in [0.4, 0.5) is 23.8 Å². The number of alkyl halides is 3. The fourth-order valence-corrected chi connectivity index (χ4v) is 2.93. The average molecular weight is 330 g/mol. The normalized spacial score (nSPS) is 24.5. The van der Waals surface area contributed by atoms with Gasteiger partial charge in [0.1, 0.15) is 5.82 Å². The molecule has 0 unspecified atom stereocenters. The van der Waals surface area contributed by atoms with Crippen molar-refractivity contribution < 1.29 is 23.1 Å². The van der Waals surface area contributed by atoms with E-state index in [1.54, 1.807) is 0 Å². The highest BCUT2D eigenvalue weighted by Gasteiger charge is 2.37. The van der Waals surface area contributed by atoms with Crippen LogP contribution < -0.4 is 10.6 Å². The van der Waals surface area contributed by atoms with Crippen molar-refractivity contribution in [1.29, 1.82) is 0 Å². The summed E-state index contributed by atoms with van der Waals surface area (Å²) in [5.74, 6) is 0.337. The maximum atomic E-state index is 12.8. The Morgan fingerprint density at radius 2 is 1.91 bits per heavy atom. The summed E-state index contributed by atoms with van der Waals surface area (Å²) in [5.41, 5.74) is -0.655. The summed E-state index contributed by atoms with van der Waals surface area (Å²) in [6, 6.07) is -0.460. The Morgan fingerprint density at radius 1 is 1.22 bits per heavy atom. The van der Waals surface area contributed by atoms with Crippen LogP contribution in [0.25, 0.3) is 0 Å². The van der Waals surface area contributed by atoms with E-state index < -0.39 is 18.0 Å². The zero-order valence-electron chi connectivity index (χ0n) is 12.2. The minimum atomic E-state index is -4.52. The molecule has 2 saturated carbocycles. The molecule has 2 atom stereocenters. The van der Waals surface area contributed by atoms with Crippen molar-refractivity contribution in [3.63, 3.8) is 0 Å². The van der Waals surface area contributed by atoms with Gasteiger partial charge in [0.25, 0.3) is 0 Å². The van der Waals surface area contributed by atoms with Crippen molar-refractivity contribution >= 4 is 11.9 Å². The molecule has 2 fully saturated rings. The Balaban J connectivity index is 1.80. The molecular formula is C14H17F3N4O2. The van der Waals surface area contributed by atoms with Crippen molar-refractivity contribution in [1.82, 2.24) is 15.3 Å². The lowest BCUT2D eigenvalue weighted by atomic mass is 10.1. The van der Waals surface area contributed by atoms with Gasteiger partial charge in [-0.25, -0.2) is 14.8 Å². The van der Waals surface area contributed by atoms with E-state index in [1.165, 1.54) is 0 Å². The van der Waals surface area contributed by atoms with E-state index in [9.17, 15) is 18.0 Å². The highest BCUT2D eigenvalue weighted by atomic mass is 19.4. The monoisotopic (exact) mass is 330 g/mol. The van der Waals surface area contributed by atoms with Gasteiger partial charge in [-0.3, -0.25) is 0 Å². The molecule has 1 heterocycles. The second kappa shape index (κ2) is 5.86. The zero-order valence-corrected chi connectivity index (χ0v) is 12.2. The van der Waals surface area contributed by atoms with Gasteiger partial charge in [0.15, 0.2) is 5.69 Å². The van der Waals surface area contributed by atoms with E-state index in [2.05, 4.69) is 20.6 Å². The molecule has 0 bridgehead atoms. The average Bonchev–Trinajstić information content (AvgIpc) is 3.21. The number of hydrogen-bond donors (Lipinski definition) is 3. The summed E-state index contributed by atoms with van der Waals surface area (Å²) in [7, 11) is 0. The predicted molar refractivity (Wildman–Crippen MR) is 75.2 cm³/mol. The Hall–Kier alpha value is -2.06. The van der Waals surface area contributed by atoms with Crippen LogP contribution in [0.2, 0.25) is 0 Å². The number of amides is 1. The fourth-order valence-electron chi connectivity index (χ4n) is 2.93. The lowest BCUT2D eigenvalue weighted by molar-refractivity contribution is -0.141. The molecule has 0 radical (unpaired) electrons. The van der Waals surface area contributed by atoms with Crippen molar-refractivity contribution in [2.75, 3.05) is 5.32 Å². The second-order valence-electron chi connectivity index (χ2n) is 6.00. The number of anilines is 1. The second-order valence-corrected chi connectivity index (χ2v) is 6.00. The number of nitrogens with zero attached hydrogens (tertiary/aromatic N) is 2. The number of rotatable bonds is 4. The SMILES string of the molecule is O=C(O)N[C@H]1CCC[C@@H]1Nc1ncc(C(F)(F)F)nc1C1CC1. The number of carbonyl (C=O) groups is 1. The topological polar surface area (TPSA) is 87.1 Å². The van der Waals surface area contributed by atoms with Crippen LogP contribution in [0.1, 0.15) is 49.4 Å². The van der Waals surface area contributed by atoms with Crippen molar-refractivity contribution in [3.8, 4) is 0 Å². The first-order valence-electron chi connectivity index (χ1n) is 7.54. The van der Waals surface area contributed by atoms with Gasteiger partial charge in [-0.2, -0.15) is 13.2 Å². The van der Waals surface area contributed by atoms with Crippen LogP contribution in [-0.4, -0.2) is 33.3 Å². The lowest BCUT2D eigenvalue weighted by Gasteiger charge is -2.22. The van der Waals surface area contributed by atoms with Crippen LogP contribution in [-0.2, 0) is 6.18 Å². The summed E-state index contributed by atoms with van der Waals surface area (Å²) < 4.78 is 38.4. The van der Waals surface area contributed by atoms with Crippen LogP contribution in [0, 0.1) is 0 Å². The molecule has 3 rings (SSSR count). The van der Waals surface area contributed by atoms with Crippen molar-refractivity contribution in [2.24, 2.45) is 0 Å². The maximum absolute atomic E-state index is 12.8. The van der Waals surface area contributed by atoms with Crippen molar-refractivity contribution in [2.45, 2.75) is 56.3 Å². The third kappa shape index (κ3) is 3.65. The first kappa shape index (κ1) is 15.8. The molecule has 0 spiro atoms. The van der Waals surface area contributed by atoms with Gasteiger partial charge < -0.3 is 15.7 Å². The van der Waals surface area contributed by atoms with E-state index in [0.29, 0.717) is 17.9 Å². The van der Waals surface area contributed by atoms with E-state index in [-0.39, 0.29) is 18.0 Å². The van der Waals surface area contributed by atoms with Gasteiger partial charge >= 0.3 is 12.3 Å². The molecular weight excluding hydrogens is 313 g/mol.